The van der Waals surface area contributed by atoms with Gasteiger partial charge in [0.15, 0.2) is 0 Å². The van der Waals surface area contributed by atoms with Crippen molar-refractivity contribution in [1.82, 2.24) is 10.2 Å². The largest absolute Gasteiger partial charge is 0.377 e. The number of nitrogens with zero attached hydrogens (tertiary/aromatic N) is 2. The minimum Gasteiger partial charge on any atom is -0.377 e. The molecule has 1 N–H and O–H groups in total. The van der Waals surface area contributed by atoms with Gasteiger partial charge in [-0.05, 0) is 37.3 Å². The Morgan fingerprint density at radius 2 is 2.17 bits per heavy atom. The van der Waals surface area contributed by atoms with Gasteiger partial charge in [0.1, 0.15) is 0 Å². The summed E-state index contributed by atoms with van der Waals surface area (Å²) >= 11 is 0. The van der Waals surface area contributed by atoms with Gasteiger partial charge in [0.25, 0.3) is 0 Å². The minimum atomic E-state index is 0.0409. The molecule has 0 unspecified atom stereocenters. The number of morpholine rings is 1. The second kappa shape index (κ2) is 7.21. The van der Waals surface area contributed by atoms with Crippen molar-refractivity contribution in [2.75, 3.05) is 38.3 Å². The van der Waals surface area contributed by atoms with E-state index in [1.165, 1.54) is 18.5 Å². The van der Waals surface area contributed by atoms with E-state index in [4.69, 9.17) is 4.74 Å². The smallest absolute Gasteiger partial charge is 0.318 e. The van der Waals surface area contributed by atoms with E-state index >= 15 is 0 Å². The first-order valence-corrected chi connectivity index (χ1v) is 8.62. The number of amides is 2. The molecule has 1 aromatic rings. The summed E-state index contributed by atoms with van der Waals surface area (Å²) in [6.07, 6.45) is 2.45. The summed E-state index contributed by atoms with van der Waals surface area (Å²) in [6.45, 7) is 5.66. The Morgan fingerprint density at radius 1 is 1.39 bits per heavy atom. The number of carbonyl (C=O) groups is 1. The maximum atomic E-state index is 12.6. The van der Waals surface area contributed by atoms with Crippen molar-refractivity contribution in [2.45, 2.75) is 32.4 Å². The van der Waals surface area contributed by atoms with Gasteiger partial charge in [0.05, 0.1) is 19.3 Å². The van der Waals surface area contributed by atoms with Gasteiger partial charge in [-0.15, -0.1) is 0 Å². The fourth-order valence-electron chi connectivity index (χ4n) is 3.22. The molecule has 3 rings (SSSR count). The average Bonchev–Trinajstić information content (AvgIpc) is 3.44. The van der Waals surface area contributed by atoms with Gasteiger partial charge < -0.3 is 19.9 Å². The lowest BCUT2D eigenvalue weighted by atomic mass is 10.1. The third-order valence-electron chi connectivity index (χ3n) is 4.90. The highest BCUT2D eigenvalue weighted by Crippen LogP contribution is 2.36. The first-order chi connectivity index (χ1) is 11.2. The van der Waals surface area contributed by atoms with Crippen molar-refractivity contribution in [3.8, 4) is 0 Å². The van der Waals surface area contributed by atoms with E-state index in [1.807, 2.05) is 17.0 Å². The van der Waals surface area contributed by atoms with Crippen LogP contribution in [0, 0.1) is 5.92 Å². The summed E-state index contributed by atoms with van der Waals surface area (Å²) < 4.78 is 5.56. The molecular formula is C18H27N3O2. The summed E-state index contributed by atoms with van der Waals surface area (Å²) in [5.74, 6) is 0.638. The normalized spacial score (nSPS) is 21.1. The van der Waals surface area contributed by atoms with E-state index in [2.05, 4.69) is 36.3 Å². The van der Waals surface area contributed by atoms with Crippen LogP contribution >= 0.6 is 0 Å². The number of para-hydroxylation sites is 1. The molecule has 2 fully saturated rings. The zero-order valence-corrected chi connectivity index (χ0v) is 14.1. The fraction of sp³-hybridized carbons (Fsp3) is 0.611. The zero-order valence-electron chi connectivity index (χ0n) is 14.1. The first kappa shape index (κ1) is 16.1. The first-order valence-electron chi connectivity index (χ1n) is 8.62. The average molecular weight is 317 g/mol. The summed E-state index contributed by atoms with van der Waals surface area (Å²) in [5.41, 5.74) is 2.33. The Bertz CT molecular complexity index is 545. The quantitative estimate of drug-likeness (QED) is 0.907. The Morgan fingerprint density at radius 3 is 2.91 bits per heavy atom. The van der Waals surface area contributed by atoms with Crippen LogP contribution in [0.2, 0.25) is 0 Å². The molecule has 1 saturated heterocycles. The maximum absolute atomic E-state index is 12.6. The second-order valence-corrected chi connectivity index (χ2v) is 6.47. The molecule has 2 aliphatic rings. The number of rotatable bonds is 5. The molecule has 23 heavy (non-hydrogen) atoms. The van der Waals surface area contributed by atoms with E-state index in [0.717, 1.165) is 12.1 Å². The molecule has 0 radical (unpaired) electrons. The van der Waals surface area contributed by atoms with E-state index < -0.39 is 0 Å². The standard InChI is InChI=1S/C18H27N3O2/c1-3-20(2)16-7-5-4-6-15(16)12-19-18(22)21-10-11-23-13-17(21)14-8-9-14/h4-7,14,17H,3,8-13H2,1-2H3,(H,19,22)/t17-/m1/s1. The van der Waals surface area contributed by atoms with Crippen LogP contribution in [-0.2, 0) is 11.3 Å². The highest BCUT2D eigenvalue weighted by molar-refractivity contribution is 5.75. The van der Waals surface area contributed by atoms with Gasteiger partial charge in [-0.2, -0.15) is 0 Å². The monoisotopic (exact) mass is 317 g/mol. The number of carbonyl (C=O) groups excluding carboxylic acids is 1. The summed E-state index contributed by atoms with van der Waals surface area (Å²) in [7, 11) is 2.08. The van der Waals surface area contributed by atoms with Crippen molar-refractivity contribution in [2.24, 2.45) is 5.92 Å². The predicted molar refractivity (Wildman–Crippen MR) is 91.7 cm³/mol. The van der Waals surface area contributed by atoms with Crippen LogP contribution in [0.5, 0.6) is 0 Å². The summed E-state index contributed by atoms with van der Waals surface area (Å²) in [4.78, 5) is 16.8. The molecule has 2 amide bonds. The number of nitrogens with one attached hydrogen (secondary N) is 1. The number of hydrogen-bond donors (Lipinski definition) is 1. The fourth-order valence-corrected chi connectivity index (χ4v) is 3.22. The molecule has 0 spiro atoms. The van der Waals surface area contributed by atoms with Gasteiger partial charge in [-0.1, -0.05) is 18.2 Å². The molecule has 0 bridgehead atoms. The Balaban J connectivity index is 1.62. The summed E-state index contributed by atoms with van der Waals surface area (Å²) in [6, 6.07) is 8.55. The van der Waals surface area contributed by atoms with Crippen LogP contribution < -0.4 is 10.2 Å². The molecule has 1 aromatic carbocycles. The molecule has 1 heterocycles. The number of hydrogen-bond acceptors (Lipinski definition) is 3. The third-order valence-corrected chi connectivity index (χ3v) is 4.90. The predicted octanol–water partition coefficient (Wildman–Crippen LogP) is 2.46. The molecule has 5 heteroatoms. The minimum absolute atomic E-state index is 0.0409. The van der Waals surface area contributed by atoms with Crippen LogP contribution in [0.25, 0.3) is 0 Å². The van der Waals surface area contributed by atoms with Crippen LogP contribution in [0.4, 0.5) is 10.5 Å². The lowest BCUT2D eigenvalue weighted by molar-refractivity contribution is 0.00464. The van der Waals surface area contributed by atoms with E-state index in [9.17, 15) is 4.79 Å². The van der Waals surface area contributed by atoms with E-state index in [-0.39, 0.29) is 12.1 Å². The Hall–Kier alpha value is -1.75. The molecule has 0 aromatic heterocycles. The van der Waals surface area contributed by atoms with Crippen LogP contribution in [0.3, 0.4) is 0 Å². The van der Waals surface area contributed by atoms with Gasteiger partial charge >= 0.3 is 6.03 Å². The third kappa shape index (κ3) is 3.78. The highest BCUT2D eigenvalue weighted by Gasteiger charge is 2.39. The van der Waals surface area contributed by atoms with Crippen LogP contribution in [0.1, 0.15) is 25.3 Å². The molecule has 1 aliphatic carbocycles. The van der Waals surface area contributed by atoms with Crippen LogP contribution in [-0.4, -0.2) is 50.3 Å². The van der Waals surface area contributed by atoms with Gasteiger partial charge in [0, 0.05) is 32.4 Å². The number of ether oxygens (including phenoxy) is 1. The molecule has 1 aliphatic heterocycles. The number of anilines is 1. The van der Waals surface area contributed by atoms with E-state index in [1.54, 1.807) is 0 Å². The molecule has 5 nitrogen and oxygen atoms in total. The Kier molecular flexibility index (Phi) is 5.06. The van der Waals surface area contributed by atoms with Crippen molar-refractivity contribution < 1.29 is 9.53 Å². The van der Waals surface area contributed by atoms with Crippen molar-refractivity contribution in [1.29, 1.82) is 0 Å². The highest BCUT2D eigenvalue weighted by atomic mass is 16.5. The molecular weight excluding hydrogens is 290 g/mol. The molecule has 126 valence electrons. The van der Waals surface area contributed by atoms with Gasteiger partial charge in [-0.3, -0.25) is 0 Å². The topological polar surface area (TPSA) is 44.8 Å². The van der Waals surface area contributed by atoms with Crippen molar-refractivity contribution in [3.05, 3.63) is 29.8 Å². The zero-order chi connectivity index (χ0) is 16.2. The molecule has 1 saturated carbocycles. The van der Waals surface area contributed by atoms with Crippen molar-refractivity contribution >= 4 is 11.7 Å². The maximum Gasteiger partial charge on any atom is 0.318 e. The van der Waals surface area contributed by atoms with Gasteiger partial charge in [0.2, 0.25) is 0 Å². The number of urea groups is 1. The Labute approximate surface area is 138 Å². The number of benzene rings is 1. The SMILES string of the molecule is CCN(C)c1ccccc1CNC(=O)N1CCOC[C@@H]1C1CC1. The summed E-state index contributed by atoms with van der Waals surface area (Å²) in [5, 5.41) is 3.11. The van der Waals surface area contributed by atoms with E-state index in [0.29, 0.717) is 32.2 Å². The lowest BCUT2D eigenvalue weighted by Gasteiger charge is -2.36. The van der Waals surface area contributed by atoms with Crippen LogP contribution in [0.15, 0.2) is 24.3 Å². The molecule has 1 atom stereocenters. The van der Waals surface area contributed by atoms with Crippen molar-refractivity contribution in [3.63, 3.8) is 0 Å². The van der Waals surface area contributed by atoms with Gasteiger partial charge in [-0.25, -0.2) is 4.79 Å². The lowest BCUT2D eigenvalue weighted by Crippen LogP contribution is -2.53. The second-order valence-electron chi connectivity index (χ2n) is 6.47.